The van der Waals surface area contributed by atoms with Crippen LogP contribution < -0.4 is 4.72 Å². The molecular formula is C21H16ClNO6S2. The number of hydrogen-bond acceptors (Lipinski definition) is 5. The van der Waals surface area contributed by atoms with Crippen molar-refractivity contribution in [3.63, 3.8) is 0 Å². The van der Waals surface area contributed by atoms with Crippen LogP contribution in [0.1, 0.15) is 28.3 Å². The third kappa shape index (κ3) is 4.09. The van der Waals surface area contributed by atoms with E-state index >= 15 is 0 Å². The predicted octanol–water partition coefficient (Wildman–Crippen LogP) is 4.06. The molecule has 0 bridgehead atoms. The van der Waals surface area contributed by atoms with Crippen LogP contribution in [0.15, 0.2) is 64.9 Å². The van der Waals surface area contributed by atoms with Gasteiger partial charge in [-0.25, -0.2) is 13.2 Å². The molecule has 160 valence electrons. The minimum Gasteiger partial charge on any atom is -0.480 e. The lowest BCUT2D eigenvalue weighted by atomic mass is 10.0. The van der Waals surface area contributed by atoms with Gasteiger partial charge in [0, 0.05) is 15.8 Å². The smallest absolute Gasteiger partial charge is 0.335 e. The molecule has 10 heteroatoms. The van der Waals surface area contributed by atoms with Crippen LogP contribution in [0.3, 0.4) is 0 Å². The lowest BCUT2D eigenvalue weighted by molar-refractivity contribution is -0.140. The Morgan fingerprint density at radius 3 is 2.42 bits per heavy atom. The van der Waals surface area contributed by atoms with E-state index in [1.807, 2.05) is 0 Å². The summed E-state index contributed by atoms with van der Waals surface area (Å²) >= 11 is 6.90. The van der Waals surface area contributed by atoms with Crippen molar-refractivity contribution in [2.24, 2.45) is 0 Å². The summed E-state index contributed by atoms with van der Waals surface area (Å²) in [5.41, 5.74) is -0.463. The number of aromatic carboxylic acids is 1. The van der Waals surface area contributed by atoms with E-state index in [2.05, 4.69) is 4.72 Å². The fraction of sp³-hybridized carbons (Fsp3) is 0.143. The number of thiophene rings is 1. The van der Waals surface area contributed by atoms with Crippen molar-refractivity contribution in [3.05, 3.63) is 76.8 Å². The molecule has 7 nitrogen and oxygen atoms in total. The van der Waals surface area contributed by atoms with Crippen LogP contribution in [-0.2, 0) is 14.8 Å². The normalized spacial score (nSPS) is 20.4. The molecule has 1 aromatic heterocycles. The largest absolute Gasteiger partial charge is 0.480 e. The van der Waals surface area contributed by atoms with Gasteiger partial charge in [-0.05, 0) is 53.9 Å². The van der Waals surface area contributed by atoms with Gasteiger partial charge in [0.15, 0.2) is 0 Å². The monoisotopic (exact) mass is 477 g/mol. The van der Waals surface area contributed by atoms with Crippen LogP contribution in [0.5, 0.6) is 0 Å². The number of hydrogen-bond donors (Lipinski definition) is 3. The maximum atomic E-state index is 13.0. The highest BCUT2D eigenvalue weighted by Crippen LogP contribution is 2.52. The van der Waals surface area contributed by atoms with E-state index < -0.39 is 33.4 Å². The van der Waals surface area contributed by atoms with Gasteiger partial charge in [0.25, 0.3) is 10.0 Å². The van der Waals surface area contributed by atoms with Crippen LogP contribution in [0.2, 0.25) is 5.02 Å². The third-order valence-corrected chi connectivity index (χ3v) is 8.56. The second-order valence-electron chi connectivity index (χ2n) is 7.19. The van der Waals surface area contributed by atoms with E-state index in [1.54, 1.807) is 36.4 Å². The molecule has 0 spiro atoms. The second kappa shape index (κ2) is 7.76. The van der Waals surface area contributed by atoms with Crippen LogP contribution >= 0.6 is 22.9 Å². The number of aliphatic carboxylic acids is 1. The molecule has 3 N–H and O–H groups in total. The Labute approximate surface area is 187 Å². The van der Waals surface area contributed by atoms with E-state index in [4.69, 9.17) is 16.7 Å². The van der Waals surface area contributed by atoms with Crippen molar-refractivity contribution in [1.29, 1.82) is 0 Å². The number of carboxylic acid groups (broad SMARTS) is 2. The van der Waals surface area contributed by atoms with E-state index in [1.165, 1.54) is 24.3 Å². The minimum atomic E-state index is -4.12. The lowest BCUT2D eigenvalue weighted by Crippen LogP contribution is -2.44. The van der Waals surface area contributed by atoms with E-state index in [0.717, 1.165) is 16.9 Å². The van der Waals surface area contributed by atoms with Gasteiger partial charge in [0.05, 0.1) is 5.56 Å². The number of rotatable bonds is 7. The fourth-order valence-electron chi connectivity index (χ4n) is 3.47. The van der Waals surface area contributed by atoms with Crippen molar-refractivity contribution in [2.75, 3.05) is 0 Å². The first kappa shape index (κ1) is 21.5. The standard InChI is InChI=1S/C21H16ClNO6S2/c22-15-6-4-12(5-7-15)17-8-9-18(30-17)31(28,29)23-21(20(26)27)11-16(21)13-2-1-3-14(10-13)19(24)25/h1-10,16,23H,11H2,(H,24,25)(H,26,27)/t16-,21+/m1/s1. The summed E-state index contributed by atoms with van der Waals surface area (Å²) in [4.78, 5) is 23.9. The zero-order valence-corrected chi connectivity index (χ0v) is 18.2. The van der Waals surface area contributed by atoms with Crippen molar-refractivity contribution in [3.8, 4) is 10.4 Å². The van der Waals surface area contributed by atoms with E-state index in [-0.39, 0.29) is 16.2 Å². The van der Waals surface area contributed by atoms with Crippen molar-refractivity contribution < 1.29 is 28.2 Å². The summed E-state index contributed by atoms with van der Waals surface area (Å²) in [6.45, 7) is 0. The first-order valence-electron chi connectivity index (χ1n) is 9.09. The van der Waals surface area contributed by atoms with Gasteiger partial charge < -0.3 is 10.2 Å². The minimum absolute atomic E-state index is 0.0111. The van der Waals surface area contributed by atoms with Crippen LogP contribution in [0.4, 0.5) is 0 Å². The fourth-order valence-corrected chi connectivity index (χ4v) is 6.31. The van der Waals surface area contributed by atoms with Crippen LogP contribution in [0.25, 0.3) is 10.4 Å². The van der Waals surface area contributed by atoms with Gasteiger partial charge in [-0.3, -0.25) is 4.79 Å². The maximum Gasteiger partial charge on any atom is 0.335 e. The summed E-state index contributed by atoms with van der Waals surface area (Å²) < 4.78 is 28.3. The summed E-state index contributed by atoms with van der Waals surface area (Å²) in [5, 5.41) is 19.5. The Bertz CT molecular complexity index is 1290. The molecule has 4 rings (SSSR count). The van der Waals surface area contributed by atoms with Gasteiger partial charge in [-0.1, -0.05) is 35.9 Å². The summed E-state index contributed by atoms with van der Waals surface area (Å²) in [6, 6.07) is 15.9. The summed E-state index contributed by atoms with van der Waals surface area (Å²) in [5.74, 6) is -3.12. The summed E-state index contributed by atoms with van der Waals surface area (Å²) in [6.07, 6.45) is 0.0278. The van der Waals surface area contributed by atoms with Gasteiger partial charge in [-0.2, -0.15) is 4.72 Å². The highest BCUT2D eigenvalue weighted by molar-refractivity contribution is 7.91. The molecule has 31 heavy (non-hydrogen) atoms. The zero-order valence-electron chi connectivity index (χ0n) is 15.8. The Morgan fingerprint density at radius 1 is 1.06 bits per heavy atom. The van der Waals surface area contributed by atoms with Crippen molar-refractivity contribution >= 4 is 44.9 Å². The average molecular weight is 478 g/mol. The topological polar surface area (TPSA) is 121 Å². The number of carbonyl (C=O) groups is 2. The molecule has 1 saturated carbocycles. The Balaban J connectivity index is 1.61. The number of carboxylic acids is 2. The van der Waals surface area contributed by atoms with E-state index in [0.29, 0.717) is 15.5 Å². The first-order chi connectivity index (χ1) is 14.6. The highest BCUT2D eigenvalue weighted by Gasteiger charge is 2.63. The lowest BCUT2D eigenvalue weighted by Gasteiger charge is -2.15. The Hall–Kier alpha value is -2.72. The van der Waals surface area contributed by atoms with Gasteiger partial charge in [0.2, 0.25) is 0 Å². The van der Waals surface area contributed by atoms with Crippen LogP contribution in [-0.4, -0.2) is 36.1 Å². The highest BCUT2D eigenvalue weighted by atomic mass is 35.5. The van der Waals surface area contributed by atoms with Crippen molar-refractivity contribution in [2.45, 2.75) is 22.1 Å². The number of halogens is 1. The molecule has 1 heterocycles. The maximum absolute atomic E-state index is 13.0. The Morgan fingerprint density at radius 2 is 1.77 bits per heavy atom. The molecule has 1 fully saturated rings. The third-order valence-electron chi connectivity index (χ3n) is 5.17. The molecule has 3 aromatic rings. The number of sulfonamides is 1. The first-order valence-corrected chi connectivity index (χ1v) is 11.8. The summed E-state index contributed by atoms with van der Waals surface area (Å²) in [7, 11) is -4.12. The predicted molar refractivity (Wildman–Crippen MR) is 116 cm³/mol. The Kier molecular flexibility index (Phi) is 5.38. The molecule has 2 atom stereocenters. The zero-order chi connectivity index (χ0) is 22.4. The van der Waals surface area contributed by atoms with Gasteiger partial charge in [-0.15, -0.1) is 11.3 Å². The quantitative estimate of drug-likeness (QED) is 0.472. The average Bonchev–Trinajstić information content (AvgIpc) is 3.22. The second-order valence-corrected chi connectivity index (χ2v) is 10.6. The SMILES string of the molecule is O=C(O)c1cccc([C@H]2C[C@@]2(NS(=O)(=O)c2ccc(-c3ccc(Cl)cc3)s2)C(=O)O)c1. The van der Waals surface area contributed by atoms with E-state index in [9.17, 15) is 23.1 Å². The number of nitrogens with one attached hydrogen (secondary N) is 1. The molecule has 1 aliphatic rings. The molecule has 1 aliphatic carbocycles. The van der Waals surface area contributed by atoms with Gasteiger partial charge in [0.1, 0.15) is 9.75 Å². The molecule has 0 unspecified atom stereocenters. The molecule has 0 amide bonds. The van der Waals surface area contributed by atoms with Crippen LogP contribution in [0, 0.1) is 0 Å². The molecular weight excluding hydrogens is 462 g/mol. The number of benzene rings is 2. The van der Waals surface area contributed by atoms with Crippen molar-refractivity contribution in [1.82, 2.24) is 4.72 Å². The van der Waals surface area contributed by atoms with Gasteiger partial charge >= 0.3 is 11.9 Å². The molecule has 0 aliphatic heterocycles. The molecule has 2 aromatic carbocycles. The molecule has 0 radical (unpaired) electrons. The molecule has 0 saturated heterocycles.